The van der Waals surface area contributed by atoms with Gasteiger partial charge in [-0.2, -0.15) is 0 Å². The lowest BCUT2D eigenvalue weighted by molar-refractivity contribution is 0.174. The van der Waals surface area contributed by atoms with E-state index in [-0.39, 0.29) is 18.4 Å². The Labute approximate surface area is 215 Å². The molecule has 0 radical (unpaired) electrons. The summed E-state index contributed by atoms with van der Waals surface area (Å²) in [6.07, 6.45) is 0.818. The van der Waals surface area contributed by atoms with Gasteiger partial charge in [-0.15, -0.1) is 0 Å². The molecule has 1 aliphatic rings. The molecular formula is C29H29N3O3S. The maximum absolute atomic E-state index is 13.0. The van der Waals surface area contributed by atoms with Crippen molar-refractivity contribution in [3.63, 3.8) is 0 Å². The molecule has 3 aromatic carbocycles. The highest BCUT2D eigenvalue weighted by Crippen LogP contribution is 2.35. The monoisotopic (exact) mass is 499 g/mol. The number of fused-ring (bicyclic) bond motifs is 2. The summed E-state index contributed by atoms with van der Waals surface area (Å²) in [7, 11) is 0. The van der Waals surface area contributed by atoms with E-state index in [9.17, 15) is 4.79 Å². The second-order valence-corrected chi connectivity index (χ2v) is 9.48. The number of ether oxygens (including phenoxy) is 2. The number of aromatic nitrogens is 1. The van der Waals surface area contributed by atoms with Crippen molar-refractivity contribution in [1.29, 1.82) is 0 Å². The molecule has 5 rings (SSSR count). The van der Waals surface area contributed by atoms with Gasteiger partial charge in [0.05, 0.1) is 18.1 Å². The van der Waals surface area contributed by atoms with Gasteiger partial charge in [0.1, 0.15) is 0 Å². The van der Waals surface area contributed by atoms with E-state index in [1.165, 1.54) is 11.1 Å². The smallest absolute Gasteiger partial charge is 0.253 e. The van der Waals surface area contributed by atoms with E-state index in [1.54, 1.807) is 0 Å². The molecular weight excluding hydrogens is 470 g/mol. The molecule has 0 fully saturated rings. The molecule has 0 aliphatic carbocycles. The minimum absolute atomic E-state index is 0.0364. The topological polar surface area (TPSA) is 66.6 Å². The minimum atomic E-state index is -0.138. The average molecular weight is 500 g/mol. The Morgan fingerprint density at radius 1 is 1.03 bits per heavy atom. The van der Waals surface area contributed by atoms with Crippen LogP contribution in [0.4, 0.5) is 0 Å². The van der Waals surface area contributed by atoms with Crippen LogP contribution < -0.4 is 20.3 Å². The molecule has 0 amide bonds. The summed E-state index contributed by atoms with van der Waals surface area (Å²) in [5.41, 5.74) is 4.88. The number of thiocarbonyl (C=S) groups is 1. The summed E-state index contributed by atoms with van der Waals surface area (Å²) in [4.78, 5) is 18.1. The molecule has 0 saturated heterocycles. The van der Waals surface area contributed by atoms with Crippen LogP contribution in [0.1, 0.15) is 35.2 Å². The van der Waals surface area contributed by atoms with Crippen LogP contribution in [-0.2, 0) is 13.0 Å². The molecule has 184 valence electrons. The number of nitrogens with zero attached hydrogens (tertiary/aromatic N) is 1. The Hall–Kier alpha value is -3.84. The Morgan fingerprint density at radius 2 is 1.75 bits per heavy atom. The van der Waals surface area contributed by atoms with Crippen LogP contribution in [0, 0.1) is 6.92 Å². The molecule has 0 saturated carbocycles. The molecule has 6 nitrogen and oxygen atoms in total. The van der Waals surface area contributed by atoms with Crippen LogP contribution in [0.3, 0.4) is 0 Å². The lowest BCUT2D eigenvalue weighted by Gasteiger charge is -2.28. The molecule has 36 heavy (non-hydrogen) atoms. The van der Waals surface area contributed by atoms with Gasteiger partial charge in [-0.25, -0.2) is 0 Å². The number of benzene rings is 3. The number of aryl methyl sites for hydroxylation is 1. The van der Waals surface area contributed by atoms with Gasteiger partial charge >= 0.3 is 0 Å². The minimum Gasteiger partial charge on any atom is -0.454 e. The Kier molecular flexibility index (Phi) is 6.91. The van der Waals surface area contributed by atoms with Gasteiger partial charge in [-0.1, -0.05) is 54.6 Å². The van der Waals surface area contributed by atoms with Crippen LogP contribution in [0.2, 0.25) is 0 Å². The van der Waals surface area contributed by atoms with Crippen LogP contribution in [0.5, 0.6) is 11.5 Å². The Balaban J connectivity index is 1.41. The first kappa shape index (κ1) is 23.9. The molecule has 1 aliphatic heterocycles. The van der Waals surface area contributed by atoms with Crippen molar-refractivity contribution >= 4 is 28.2 Å². The quantitative estimate of drug-likeness (QED) is 0.339. The maximum Gasteiger partial charge on any atom is 0.253 e. The van der Waals surface area contributed by atoms with E-state index in [0.29, 0.717) is 35.3 Å². The average Bonchev–Trinajstić information content (AvgIpc) is 3.34. The summed E-state index contributed by atoms with van der Waals surface area (Å²) < 4.78 is 11.0. The summed E-state index contributed by atoms with van der Waals surface area (Å²) >= 11 is 5.87. The zero-order chi connectivity index (χ0) is 25.1. The zero-order valence-corrected chi connectivity index (χ0v) is 21.2. The molecule has 2 heterocycles. The van der Waals surface area contributed by atoms with Crippen molar-refractivity contribution in [3.8, 4) is 11.5 Å². The number of hydrogen-bond donors (Lipinski definition) is 2. The van der Waals surface area contributed by atoms with Gasteiger partial charge in [0.25, 0.3) is 5.56 Å². The van der Waals surface area contributed by atoms with Crippen LogP contribution >= 0.6 is 12.2 Å². The van der Waals surface area contributed by atoms with Crippen molar-refractivity contribution in [1.82, 2.24) is 15.2 Å². The number of nitrogens with one attached hydrogen (secondary N) is 2. The fraction of sp³-hybridized carbons (Fsp3) is 0.241. The van der Waals surface area contributed by atoms with E-state index in [1.807, 2.05) is 42.5 Å². The largest absolute Gasteiger partial charge is 0.454 e. The van der Waals surface area contributed by atoms with Crippen molar-refractivity contribution in [3.05, 3.63) is 105 Å². The number of H-pyrrole nitrogens is 1. The number of rotatable bonds is 7. The number of aromatic amines is 1. The van der Waals surface area contributed by atoms with E-state index in [2.05, 4.69) is 59.4 Å². The van der Waals surface area contributed by atoms with Crippen molar-refractivity contribution in [2.24, 2.45) is 0 Å². The van der Waals surface area contributed by atoms with Crippen molar-refractivity contribution in [2.45, 2.75) is 32.9 Å². The van der Waals surface area contributed by atoms with Crippen LogP contribution in [-0.4, -0.2) is 28.3 Å². The SMILES string of the molecule is Cc1ccccc1CCN(Cc1cc2cc3c(cc2[nH]c1=O)OCO3)C(=S)N[C@@H](C)c1ccccc1. The van der Waals surface area contributed by atoms with Gasteiger partial charge in [0.15, 0.2) is 16.6 Å². The third-order valence-electron chi connectivity index (χ3n) is 6.61. The molecule has 0 bridgehead atoms. The predicted octanol–water partition coefficient (Wildman–Crippen LogP) is 5.25. The Morgan fingerprint density at radius 3 is 2.53 bits per heavy atom. The summed E-state index contributed by atoms with van der Waals surface area (Å²) in [5, 5.41) is 4.98. The van der Waals surface area contributed by atoms with Gasteiger partial charge in [0.2, 0.25) is 6.79 Å². The molecule has 7 heteroatoms. The summed E-state index contributed by atoms with van der Waals surface area (Å²) in [5.74, 6) is 1.33. The third kappa shape index (κ3) is 5.21. The lowest BCUT2D eigenvalue weighted by Crippen LogP contribution is -2.42. The highest BCUT2D eigenvalue weighted by atomic mass is 32.1. The van der Waals surface area contributed by atoms with Crippen molar-refractivity contribution < 1.29 is 9.47 Å². The summed E-state index contributed by atoms with van der Waals surface area (Å²) in [6, 6.07) is 24.2. The van der Waals surface area contributed by atoms with Crippen molar-refractivity contribution in [2.75, 3.05) is 13.3 Å². The first-order valence-electron chi connectivity index (χ1n) is 12.1. The highest BCUT2D eigenvalue weighted by Gasteiger charge is 2.19. The molecule has 0 unspecified atom stereocenters. The lowest BCUT2D eigenvalue weighted by atomic mass is 10.1. The number of pyridine rings is 1. The van der Waals surface area contributed by atoms with E-state index < -0.39 is 0 Å². The van der Waals surface area contributed by atoms with Gasteiger partial charge < -0.3 is 24.7 Å². The second kappa shape index (κ2) is 10.4. The molecule has 4 aromatic rings. The van der Waals surface area contributed by atoms with E-state index >= 15 is 0 Å². The van der Waals surface area contributed by atoms with E-state index in [0.717, 1.165) is 22.9 Å². The fourth-order valence-corrected chi connectivity index (χ4v) is 4.80. The summed E-state index contributed by atoms with van der Waals surface area (Å²) in [6.45, 7) is 5.46. The first-order chi connectivity index (χ1) is 17.5. The third-order valence-corrected chi connectivity index (χ3v) is 6.99. The van der Waals surface area contributed by atoms with Crippen LogP contribution in [0.15, 0.2) is 77.6 Å². The van der Waals surface area contributed by atoms with Gasteiger partial charge in [-0.3, -0.25) is 4.79 Å². The molecule has 0 spiro atoms. The predicted molar refractivity (Wildman–Crippen MR) is 147 cm³/mol. The molecule has 2 N–H and O–H groups in total. The van der Waals surface area contributed by atoms with Crippen LogP contribution in [0.25, 0.3) is 10.9 Å². The fourth-order valence-electron chi connectivity index (χ4n) is 4.46. The van der Waals surface area contributed by atoms with Gasteiger partial charge in [-0.05, 0) is 61.3 Å². The highest BCUT2D eigenvalue weighted by molar-refractivity contribution is 7.80. The van der Waals surface area contributed by atoms with E-state index in [4.69, 9.17) is 21.7 Å². The zero-order valence-electron chi connectivity index (χ0n) is 20.4. The Bertz CT molecular complexity index is 1450. The standard InChI is InChI=1S/C29H29N3O3S/c1-19-8-6-7-9-21(19)12-13-32(29(36)30-20(2)22-10-4-3-5-11-22)17-24-14-23-15-26-27(35-18-34-26)16-25(23)31-28(24)33/h3-11,14-16,20H,12-13,17-18H2,1-2H3,(H,30,36)(H,31,33)/t20-/m0/s1. The maximum atomic E-state index is 13.0. The normalized spacial score (nSPS) is 12.9. The number of hydrogen-bond acceptors (Lipinski definition) is 4. The van der Waals surface area contributed by atoms with Gasteiger partial charge in [0, 0.05) is 23.6 Å². The second-order valence-electron chi connectivity index (χ2n) is 9.10. The first-order valence-corrected chi connectivity index (χ1v) is 12.5. The molecule has 1 atom stereocenters. The molecule has 1 aromatic heterocycles.